The van der Waals surface area contributed by atoms with Crippen LogP contribution in [0.2, 0.25) is 5.02 Å². The largest absolute Gasteiger partial charge is 0.410 e. The van der Waals surface area contributed by atoms with Gasteiger partial charge in [-0.1, -0.05) is 30.3 Å². The summed E-state index contributed by atoms with van der Waals surface area (Å²) in [6, 6.07) is 5.50. The lowest BCUT2D eigenvalue weighted by Crippen LogP contribution is -2.22. The molecule has 0 radical (unpaired) electrons. The van der Waals surface area contributed by atoms with Gasteiger partial charge in [-0.05, 0) is 55.9 Å². The molecule has 3 heterocycles. The number of thiophene rings is 1. The van der Waals surface area contributed by atoms with E-state index in [1.807, 2.05) is 0 Å². The highest BCUT2D eigenvalue weighted by atomic mass is 35.5. The van der Waals surface area contributed by atoms with Crippen LogP contribution >= 0.6 is 34.7 Å². The number of amides is 1. The van der Waals surface area contributed by atoms with Crippen molar-refractivity contribution in [2.75, 3.05) is 5.32 Å². The monoisotopic (exact) mass is 434 g/mol. The molecule has 3 aromatic rings. The number of aryl methyl sites for hydroxylation is 1. The fourth-order valence-corrected chi connectivity index (χ4v) is 4.98. The topological polar surface area (TPSA) is 80.9 Å². The van der Waals surface area contributed by atoms with E-state index in [0.717, 1.165) is 23.6 Å². The zero-order valence-electron chi connectivity index (χ0n) is 15.4. The molecule has 4 rings (SSSR count). The normalized spacial score (nSPS) is 17.2. The van der Waals surface area contributed by atoms with E-state index in [0.29, 0.717) is 22.0 Å². The van der Waals surface area contributed by atoms with Crippen molar-refractivity contribution >= 4 is 46.4 Å². The standard InChI is InChI=1S/C19H19ClN4O2S2/c1-10-3-5-14-12(7-10)8-15(28-14)18-23-24-19(26-18)27-11(2)17(25)22-16-6-4-13(20)9-21-16/h4,6,8-11H,3,5,7H2,1-2H3,(H,21,22,25)/t10-,11+/m1/s1. The third-order valence-corrected chi connectivity index (χ3v) is 6.95. The van der Waals surface area contributed by atoms with Crippen molar-refractivity contribution in [3.8, 4) is 10.8 Å². The number of rotatable bonds is 5. The van der Waals surface area contributed by atoms with Crippen LogP contribution in [0.15, 0.2) is 34.0 Å². The molecule has 0 spiro atoms. The average Bonchev–Trinajstić information content (AvgIpc) is 3.29. The minimum Gasteiger partial charge on any atom is -0.410 e. The first-order valence-electron chi connectivity index (χ1n) is 9.02. The minimum atomic E-state index is -0.414. The van der Waals surface area contributed by atoms with Gasteiger partial charge in [0.15, 0.2) is 0 Å². The Bertz CT molecular complexity index is 986. The molecule has 146 valence electrons. The lowest BCUT2D eigenvalue weighted by molar-refractivity contribution is -0.115. The molecule has 0 fully saturated rings. The number of nitrogens with zero attached hydrogens (tertiary/aromatic N) is 3. The molecular formula is C19H19ClN4O2S2. The van der Waals surface area contributed by atoms with Gasteiger partial charge in [0.25, 0.3) is 11.1 Å². The summed E-state index contributed by atoms with van der Waals surface area (Å²) in [7, 11) is 0. The summed E-state index contributed by atoms with van der Waals surface area (Å²) in [5, 5.41) is 11.5. The quantitative estimate of drug-likeness (QED) is 0.563. The summed E-state index contributed by atoms with van der Waals surface area (Å²) < 4.78 is 5.80. The Morgan fingerprint density at radius 2 is 2.29 bits per heavy atom. The molecule has 0 aromatic carbocycles. The van der Waals surface area contributed by atoms with Gasteiger partial charge in [0.1, 0.15) is 5.82 Å². The highest BCUT2D eigenvalue weighted by Gasteiger charge is 2.22. The molecule has 0 aliphatic heterocycles. The molecule has 28 heavy (non-hydrogen) atoms. The first kappa shape index (κ1) is 19.4. The highest BCUT2D eigenvalue weighted by Crippen LogP contribution is 2.37. The third kappa shape index (κ3) is 4.39. The molecule has 0 unspecified atom stereocenters. The summed E-state index contributed by atoms with van der Waals surface area (Å²) in [4.78, 5) is 18.8. The van der Waals surface area contributed by atoms with Crippen molar-refractivity contribution in [2.24, 2.45) is 5.92 Å². The van der Waals surface area contributed by atoms with Gasteiger partial charge in [0.05, 0.1) is 15.1 Å². The van der Waals surface area contributed by atoms with Crippen molar-refractivity contribution in [2.45, 2.75) is 43.6 Å². The second kappa shape index (κ2) is 8.23. The van der Waals surface area contributed by atoms with E-state index in [9.17, 15) is 4.79 Å². The van der Waals surface area contributed by atoms with E-state index in [2.05, 4.69) is 33.5 Å². The van der Waals surface area contributed by atoms with Gasteiger partial charge in [-0.3, -0.25) is 4.79 Å². The molecule has 6 nitrogen and oxygen atoms in total. The van der Waals surface area contributed by atoms with E-state index >= 15 is 0 Å². The summed E-state index contributed by atoms with van der Waals surface area (Å²) in [6.45, 7) is 4.07. The third-order valence-electron chi connectivity index (χ3n) is 4.57. The summed E-state index contributed by atoms with van der Waals surface area (Å²) in [6.07, 6.45) is 4.94. The number of hydrogen-bond acceptors (Lipinski definition) is 7. The molecule has 2 atom stereocenters. The van der Waals surface area contributed by atoms with Gasteiger partial charge in [0, 0.05) is 11.1 Å². The van der Waals surface area contributed by atoms with Crippen LogP contribution in [0, 0.1) is 5.92 Å². The molecule has 1 aliphatic rings. The van der Waals surface area contributed by atoms with Crippen molar-refractivity contribution in [3.63, 3.8) is 0 Å². The zero-order valence-corrected chi connectivity index (χ0v) is 17.8. The maximum Gasteiger partial charge on any atom is 0.277 e. The molecule has 9 heteroatoms. The minimum absolute atomic E-state index is 0.194. The second-order valence-corrected chi connectivity index (χ2v) is 9.76. The number of thioether (sulfide) groups is 1. The van der Waals surface area contributed by atoms with E-state index in [4.69, 9.17) is 16.0 Å². The molecule has 0 saturated heterocycles. The number of nitrogens with one attached hydrogen (secondary N) is 1. The average molecular weight is 435 g/mol. The summed E-state index contributed by atoms with van der Waals surface area (Å²) in [5.74, 6) is 1.49. The number of carbonyl (C=O) groups is 1. The van der Waals surface area contributed by atoms with Gasteiger partial charge >= 0.3 is 0 Å². The number of carbonyl (C=O) groups excluding carboxylic acids is 1. The van der Waals surface area contributed by atoms with Gasteiger partial charge in [0.2, 0.25) is 5.91 Å². The fourth-order valence-electron chi connectivity index (χ4n) is 3.05. The van der Waals surface area contributed by atoms with Crippen LogP contribution in [-0.2, 0) is 17.6 Å². The number of aromatic nitrogens is 3. The molecule has 3 aromatic heterocycles. The molecular weight excluding hydrogens is 416 g/mol. The van der Waals surface area contributed by atoms with E-state index in [-0.39, 0.29) is 5.91 Å². The van der Waals surface area contributed by atoms with Crippen molar-refractivity contribution < 1.29 is 9.21 Å². The maximum atomic E-state index is 12.3. The molecule has 0 bridgehead atoms. The molecule has 1 amide bonds. The van der Waals surface area contributed by atoms with E-state index < -0.39 is 5.25 Å². The van der Waals surface area contributed by atoms with E-state index in [1.165, 1.54) is 34.8 Å². The predicted molar refractivity (Wildman–Crippen MR) is 112 cm³/mol. The van der Waals surface area contributed by atoms with Crippen LogP contribution in [0.25, 0.3) is 10.8 Å². The number of anilines is 1. The first-order chi connectivity index (χ1) is 13.5. The molecule has 1 N–H and O–H groups in total. The Hall–Kier alpha value is -1.90. The Kier molecular flexibility index (Phi) is 5.70. The van der Waals surface area contributed by atoms with Crippen LogP contribution in [0.1, 0.15) is 30.7 Å². The fraction of sp³-hybridized carbons (Fsp3) is 0.368. The van der Waals surface area contributed by atoms with Gasteiger partial charge in [-0.2, -0.15) is 0 Å². The summed E-state index contributed by atoms with van der Waals surface area (Å²) >= 11 is 8.76. The Balaban J connectivity index is 1.40. The molecule has 1 aliphatic carbocycles. The number of fused-ring (bicyclic) bond motifs is 1. The predicted octanol–water partition coefficient (Wildman–Crippen LogP) is 5.09. The van der Waals surface area contributed by atoms with Crippen molar-refractivity contribution in [3.05, 3.63) is 39.9 Å². The highest BCUT2D eigenvalue weighted by molar-refractivity contribution is 8.00. The van der Waals surface area contributed by atoms with Gasteiger partial charge in [-0.25, -0.2) is 4.98 Å². The van der Waals surface area contributed by atoms with Crippen LogP contribution in [0.4, 0.5) is 5.82 Å². The van der Waals surface area contributed by atoms with Gasteiger partial charge < -0.3 is 9.73 Å². The SMILES string of the molecule is C[C@@H]1CCc2sc(-c3nnc(S[C@@H](C)C(=O)Nc4ccc(Cl)cn4)o3)cc2C1. The Morgan fingerprint density at radius 1 is 1.43 bits per heavy atom. The summed E-state index contributed by atoms with van der Waals surface area (Å²) in [5.41, 5.74) is 1.40. The zero-order chi connectivity index (χ0) is 19.7. The smallest absolute Gasteiger partial charge is 0.277 e. The van der Waals surface area contributed by atoms with Crippen LogP contribution in [0.3, 0.4) is 0 Å². The Morgan fingerprint density at radius 3 is 3.07 bits per heavy atom. The first-order valence-corrected chi connectivity index (χ1v) is 11.1. The lowest BCUT2D eigenvalue weighted by atomic mass is 9.90. The van der Waals surface area contributed by atoms with Crippen molar-refractivity contribution in [1.82, 2.24) is 15.2 Å². The Labute approximate surface area is 176 Å². The van der Waals surface area contributed by atoms with E-state index in [1.54, 1.807) is 30.4 Å². The number of halogens is 1. The molecule has 0 saturated carbocycles. The van der Waals surface area contributed by atoms with Gasteiger partial charge in [-0.15, -0.1) is 21.5 Å². The maximum absolute atomic E-state index is 12.3. The van der Waals surface area contributed by atoms with Crippen molar-refractivity contribution in [1.29, 1.82) is 0 Å². The number of pyridine rings is 1. The van der Waals surface area contributed by atoms with Crippen LogP contribution in [-0.4, -0.2) is 26.3 Å². The second-order valence-electron chi connectivity index (χ2n) is 6.89. The van der Waals surface area contributed by atoms with Crippen LogP contribution < -0.4 is 5.32 Å². The van der Waals surface area contributed by atoms with Crippen LogP contribution in [0.5, 0.6) is 0 Å². The lowest BCUT2D eigenvalue weighted by Gasteiger charge is -2.16. The number of hydrogen-bond donors (Lipinski definition) is 1.